The molecule has 37 heavy (non-hydrogen) atoms. The van der Waals surface area contributed by atoms with E-state index in [1.165, 1.54) is 0 Å². The second-order valence-corrected chi connectivity index (χ2v) is 8.62. The van der Waals surface area contributed by atoms with Gasteiger partial charge in [0.05, 0.1) is 0 Å². The van der Waals surface area contributed by atoms with E-state index in [2.05, 4.69) is 17.1 Å². The fraction of sp³-hybridized carbons (Fsp3) is 0. The second-order valence-electron chi connectivity index (χ2n) is 8.62. The maximum atomic E-state index is 6.05. The molecule has 0 N–H and O–H groups in total. The van der Waals surface area contributed by atoms with E-state index < -0.39 is 0 Å². The highest BCUT2D eigenvalue weighted by Crippen LogP contribution is 2.32. The molecule has 0 saturated heterocycles. The fourth-order valence-electron chi connectivity index (χ4n) is 4.39. The van der Waals surface area contributed by atoms with Gasteiger partial charge in [-0.3, -0.25) is 4.98 Å². The summed E-state index contributed by atoms with van der Waals surface area (Å²) in [7, 11) is 0. The largest absolute Gasteiger partial charge is 0.435 e. The van der Waals surface area contributed by atoms with Crippen molar-refractivity contribution >= 4 is 21.9 Å². The molecule has 174 valence electrons. The highest BCUT2D eigenvalue weighted by molar-refractivity contribution is 6.05. The molecule has 0 amide bonds. The molecular formula is C31H19N5O. The van der Waals surface area contributed by atoms with E-state index in [-0.39, 0.29) is 0 Å². The van der Waals surface area contributed by atoms with Crippen molar-refractivity contribution in [1.29, 1.82) is 0 Å². The molecule has 6 nitrogen and oxygen atoms in total. The van der Waals surface area contributed by atoms with Gasteiger partial charge in [0.2, 0.25) is 5.89 Å². The van der Waals surface area contributed by atoms with E-state index in [9.17, 15) is 0 Å². The monoisotopic (exact) mass is 477 g/mol. The molecular weight excluding hydrogens is 458 g/mol. The molecule has 3 aromatic heterocycles. The summed E-state index contributed by atoms with van der Waals surface area (Å²) in [4.78, 5) is 23.7. The summed E-state index contributed by atoms with van der Waals surface area (Å²) >= 11 is 0. The van der Waals surface area contributed by atoms with E-state index in [1.54, 1.807) is 6.20 Å². The molecule has 6 heteroatoms. The average Bonchev–Trinajstić information content (AvgIpc) is 3.43. The number of oxazole rings is 1. The van der Waals surface area contributed by atoms with Crippen LogP contribution in [0.1, 0.15) is 0 Å². The Morgan fingerprint density at radius 2 is 1.14 bits per heavy atom. The molecule has 0 spiro atoms. The molecule has 0 aliphatic rings. The SMILES string of the molecule is c1ccc(-c2nc(-c3ccccc3)nc(-c3ccc4ccc5oc(-c6ccccn6)nc5c4c3)n2)cc1. The lowest BCUT2D eigenvalue weighted by molar-refractivity contribution is 0.617. The normalized spacial score (nSPS) is 11.2. The zero-order chi connectivity index (χ0) is 24.6. The van der Waals surface area contributed by atoms with E-state index in [4.69, 9.17) is 24.4 Å². The Morgan fingerprint density at radius 3 is 1.78 bits per heavy atom. The summed E-state index contributed by atoms with van der Waals surface area (Å²) < 4.78 is 6.05. The Balaban J connectivity index is 1.42. The molecule has 4 aromatic carbocycles. The van der Waals surface area contributed by atoms with Crippen molar-refractivity contribution in [2.45, 2.75) is 0 Å². The predicted molar refractivity (Wildman–Crippen MR) is 144 cm³/mol. The lowest BCUT2D eigenvalue weighted by Crippen LogP contribution is -2.00. The smallest absolute Gasteiger partial charge is 0.246 e. The van der Waals surface area contributed by atoms with Crippen molar-refractivity contribution in [3.05, 3.63) is 115 Å². The number of rotatable bonds is 4. The van der Waals surface area contributed by atoms with Crippen LogP contribution < -0.4 is 0 Å². The third-order valence-corrected chi connectivity index (χ3v) is 6.22. The number of fused-ring (bicyclic) bond motifs is 3. The van der Waals surface area contributed by atoms with Crippen LogP contribution in [-0.2, 0) is 0 Å². The minimum Gasteiger partial charge on any atom is -0.435 e. The first-order chi connectivity index (χ1) is 18.3. The first-order valence-corrected chi connectivity index (χ1v) is 11.9. The predicted octanol–water partition coefficient (Wildman–Crippen LogP) is 7.23. The minimum atomic E-state index is 0.492. The highest BCUT2D eigenvalue weighted by Gasteiger charge is 2.15. The third-order valence-electron chi connectivity index (χ3n) is 6.22. The minimum absolute atomic E-state index is 0.492. The maximum absolute atomic E-state index is 6.05. The van der Waals surface area contributed by atoms with Crippen molar-refractivity contribution in [3.8, 4) is 45.7 Å². The van der Waals surface area contributed by atoms with Crippen LogP contribution in [0.25, 0.3) is 67.6 Å². The van der Waals surface area contributed by atoms with Crippen molar-refractivity contribution in [1.82, 2.24) is 24.9 Å². The summed E-state index contributed by atoms with van der Waals surface area (Å²) in [5, 5.41) is 2.02. The summed E-state index contributed by atoms with van der Waals surface area (Å²) in [6, 6.07) is 35.7. The lowest BCUT2D eigenvalue weighted by Gasteiger charge is -2.09. The van der Waals surface area contributed by atoms with E-state index in [0.717, 1.165) is 33.0 Å². The molecule has 7 rings (SSSR count). The molecule has 0 radical (unpaired) electrons. The maximum Gasteiger partial charge on any atom is 0.246 e. The number of aromatic nitrogens is 5. The van der Waals surface area contributed by atoms with Gasteiger partial charge in [-0.2, -0.15) is 0 Å². The summed E-state index contributed by atoms with van der Waals surface area (Å²) in [5.74, 6) is 2.34. The standard InChI is InChI=1S/C31H19N5O/c1-3-9-21(10-4-1)28-34-29(22-11-5-2-6-12-22)36-30(35-28)23-15-14-20-16-17-26-27(24(20)19-23)33-31(37-26)25-13-7-8-18-32-25/h1-19H. The van der Waals surface area contributed by atoms with Crippen LogP contribution in [0.3, 0.4) is 0 Å². The van der Waals surface area contributed by atoms with Crippen LogP contribution in [0.15, 0.2) is 120 Å². The average molecular weight is 478 g/mol. The first-order valence-electron chi connectivity index (χ1n) is 11.9. The third kappa shape index (κ3) is 3.90. The van der Waals surface area contributed by atoms with Crippen LogP contribution in [0.4, 0.5) is 0 Å². The number of hydrogen-bond acceptors (Lipinski definition) is 6. The summed E-state index contributed by atoms with van der Waals surface area (Å²) in [6.45, 7) is 0. The topological polar surface area (TPSA) is 77.6 Å². The lowest BCUT2D eigenvalue weighted by atomic mass is 10.0. The molecule has 3 heterocycles. The van der Waals surface area contributed by atoms with Crippen LogP contribution in [-0.4, -0.2) is 24.9 Å². The van der Waals surface area contributed by atoms with E-state index >= 15 is 0 Å². The van der Waals surface area contributed by atoms with Gasteiger partial charge in [0.1, 0.15) is 11.2 Å². The zero-order valence-electron chi connectivity index (χ0n) is 19.6. The highest BCUT2D eigenvalue weighted by atomic mass is 16.3. The van der Waals surface area contributed by atoms with E-state index in [1.807, 2.05) is 97.1 Å². The Labute approximate surface area is 212 Å². The summed E-state index contributed by atoms with van der Waals surface area (Å²) in [5.41, 5.74) is 4.92. The summed E-state index contributed by atoms with van der Waals surface area (Å²) in [6.07, 6.45) is 1.73. The van der Waals surface area contributed by atoms with Gasteiger partial charge >= 0.3 is 0 Å². The number of nitrogens with zero attached hydrogens (tertiary/aromatic N) is 5. The van der Waals surface area contributed by atoms with Crippen LogP contribution in [0.2, 0.25) is 0 Å². The van der Waals surface area contributed by atoms with Gasteiger partial charge in [-0.1, -0.05) is 84.9 Å². The molecule has 0 saturated carbocycles. The quantitative estimate of drug-likeness (QED) is 0.266. The number of benzene rings is 4. The fourth-order valence-corrected chi connectivity index (χ4v) is 4.39. The van der Waals surface area contributed by atoms with Crippen LogP contribution in [0.5, 0.6) is 0 Å². The zero-order valence-corrected chi connectivity index (χ0v) is 19.6. The van der Waals surface area contributed by atoms with Crippen LogP contribution in [0, 0.1) is 0 Å². The van der Waals surface area contributed by atoms with Gasteiger partial charge < -0.3 is 4.42 Å². The van der Waals surface area contributed by atoms with Crippen molar-refractivity contribution in [2.24, 2.45) is 0 Å². The van der Waals surface area contributed by atoms with Crippen molar-refractivity contribution < 1.29 is 4.42 Å². The number of hydrogen-bond donors (Lipinski definition) is 0. The van der Waals surface area contributed by atoms with Gasteiger partial charge in [0.15, 0.2) is 23.1 Å². The molecule has 0 fully saturated rings. The Hall–Kier alpha value is -5.23. The molecule has 0 aliphatic carbocycles. The molecule has 0 atom stereocenters. The van der Waals surface area contributed by atoms with Gasteiger partial charge in [-0.05, 0) is 29.7 Å². The molecule has 0 bridgehead atoms. The second kappa shape index (κ2) is 8.77. The Morgan fingerprint density at radius 1 is 0.514 bits per heavy atom. The molecule has 7 aromatic rings. The first kappa shape index (κ1) is 21.1. The van der Waals surface area contributed by atoms with E-state index in [0.29, 0.717) is 34.6 Å². The van der Waals surface area contributed by atoms with Crippen molar-refractivity contribution in [2.75, 3.05) is 0 Å². The van der Waals surface area contributed by atoms with Crippen LogP contribution >= 0.6 is 0 Å². The Kier molecular flexibility index (Phi) is 5.00. The molecule has 0 aliphatic heterocycles. The Bertz CT molecular complexity index is 1810. The molecule has 0 unspecified atom stereocenters. The number of pyridine rings is 1. The van der Waals surface area contributed by atoms with Gasteiger partial charge in [-0.25, -0.2) is 19.9 Å². The van der Waals surface area contributed by atoms with Gasteiger partial charge in [0, 0.05) is 28.3 Å². The van der Waals surface area contributed by atoms with Crippen molar-refractivity contribution in [3.63, 3.8) is 0 Å². The van der Waals surface area contributed by atoms with Gasteiger partial charge in [0.25, 0.3) is 0 Å². The van der Waals surface area contributed by atoms with Gasteiger partial charge in [-0.15, -0.1) is 0 Å².